The first-order valence-corrected chi connectivity index (χ1v) is 6.81. The molecule has 1 aromatic carbocycles. The SMILES string of the molecule is CC1=NN(C(=O)c2cccc(O)c2)[C@](O)(c2cccnc2)C1. The first kappa shape index (κ1) is 14.2. The number of phenolic OH excluding ortho intramolecular Hbond substituents is 1. The number of amides is 1. The number of nitrogens with zero attached hydrogens (tertiary/aromatic N) is 3. The van der Waals surface area contributed by atoms with E-state index < -0.39 is 11.6 Å². The number of benzene rings is 1. The first-order chi connectivity index (χ1) is 10.5. The van der Waals surface area contributed by atoms with E-state index in [1.54, 1.807) is 37.4 Å². The van der Waals surface area contributed by atoms with E-state index in [0.717, 1.165) is 5.01 Å². The van der Waals surface area contributed by atoms with Gasteiger partial charge in [-0.2, -0.15) is 10.1 Å². The van der Waals surface area contributed by atoms with Crippen LogP contribution in [0, 0.1) is 0 Å². The minimum absolute atomic E-state index is 0.0179. The van der Waals surface area contributed by atoms with Crippen LogP contribution < -0.4 is 0 Å². The number of hydrogen-bond donors (Lipinski definition) is 2. The number of aromatic nitrogens is 1. The van der Waals surface area contributed by atoms with Crippen LogP contribution in [0.5, 0.6) is 5.75 Å². The molecule has 0 bridgehead atoms. The number of rotatable bonds is 2. The van der Waals surface area contributed by atoms with Crippen LogP contribution in [-0.2, 0) is 5.72 Å². The molecule has 2 N–H and O–H groups in total. The van der Waals surface area contributed by atoms with Crippen molar-refractivity contribution in [3.8, 4) is 5.75 Å². The molecular formula is C16H15N3O3. The van der Waals surface area contributed by atoms with Crippen molar-refractivity contribution in [1.29, 1.82) is 0 Å². The van der Waals surface area contributed by atoms with Gasteiger partial charge in [-0.25, -0.2) is 0 Å². The van der Waals surface area contributed by atoms with Crippen molar-refractivity contribution in [3.63, 3.8) is 0 Å². The van der Waals surface area contributed by atoms with E-state index in [1.807, 2.05) is 0 Å². The number of phenols is 1. The molecule has 0 radical (unpaired) electrons. The van der Waals surface area contributed by atoms with Crippen molar-refractivity contribution < 1.29 is 15.0 Å². The summed E-state index contributed by atoms with van der Waals surface area (Å²) in [5.74, 6) is -0.505. The first-order valence-electron chi connectivity index (χ1n) is 6.81. The van der Waals surface area contributed by atoms with Crippen molar-refractivity contribution in [2.24, 2.45) is 5.10 Å². The van der Waals surface area contributed by atoms with E-state index in [4.69, 9.17) is 0 Å². The highest BCUT2D eigenvalue weighted by Crippen LogP contribution is 2.36. The molecule has 0 fully saturated rings. The van der Waals surface area contributed by atoms with E-state index in [1.165, 1.54) is 18.3 Å². The molecule has 6 heteroatoms. The minimum atomic E-state index is -1.57. The molecule has 3 rings (SSSR count). The fraction of sp³-hybridized carbons (Fsp3) is 0.188. The number of carbonyl (C=O) groups is 1. The van der Waals surface area contributed by atoms with E-state index in [0.29, 0.717) is 11.3 Å². The Labute approximate surface area is 127 Å². The maximum absolute atomic E-state index is 12.7. The second-order valence-electron chi connectivity index (χ2n) is 5.24. The van der Waals surface area contributed by atoms with Crippen molar-refractivity contribution in [1.82, 2.24) is 9.99 Å². The highest BCUT2D eigenvalue weighted by atomic mass is 16.3. The van der Waals surface area contributed by atoms with Gasteiger partial charge >= 0.3 is 0 Å². The van der Waals surface area contributed by atoms with Gasteiger partial charge in [-0.3, -0.25) is 9.78 Å². The Kier molecular flexibility index (Phi) is 3.38. The summed E-state index contributed by atoms with van der Waals surface area (Å²) in [5.41, 5.74) is -0.189. The zero-order valence-electron chi connectivity index (χ0n) is 12.0. The molecule has 1 aliphatic rings. The lowest BCUT2D eigenvalue weighted by Crippen LogP contribution is -2.43. The Morgan fingerprint density at radius 2 is 2.14 bits per heavy atom. The number of aliphatic hydroxyl groups is 1. The molecule has 0 unspecified atom stereocenters. The normalized spacial score (nSPS) is 20.8. The monoisotopic (exact) mass is 297 g/mol. The summed E-state index contributed by atoms with van der Waals surface area (Å²) in [6.45, 7) is 1.75. The second kappa shape index (κ2) is 5.23. The van der Waals surface area contributed by atoms with Crippen LogP contribution in [0.2, 0.25) is 0 Å². The van der Waals surface area contributed by atoms with Gasteiger partial charge in [0.2, 0.25) is 0 Å². The van der Waals surface area contributed by atoms with Crippen molar-refractivity contribution in [2.75, 3.05) is 0 Å². The van der Waals surface area contributed by atoms with Crippen LogP contribution in [0.4, 0.5) is 0 Å². The predicted molar refractivity (Wildman–Crippen MR) is 80.1 cm³/mol. The maximum atomic E-state index is 12.7. The van der Waals surface area contributed by atoms with Gasteiger partial charge in [-0.05, 0) is 31.2 Å². The van der Waals surface area contributed by atoms with Gasteiger partial charge in [-0.1, -0.05) is 12.1 Å². The third-order valence-corrected chi connectivity index (χ3v) is 3.53. The molecule has 6 nitrogen and oxygen atoms in total. The molecule has 1 amide bonds. The Morgan fingerprint density at radius 1 is 1.32 bits per heavy atom. The predicted octanol–water partition coefficient (Wildman–Crippen LogP) is 1.85. The summed E-state index contributed by atoms with van der Waals surface area (Å²) in [7, 11) is 0. The topological polar surface area (TPSA) is 86.0 Å². The molecular weight excluding hydrogens is 282 g/mol. The molecule has 0 saturated heterocycles. The Morgan fingerprint density at radius 3 is 2.82 bits per heavy atom. The van der Waals surface area contributed by atoms with E-state index in [9.17, 15) is 15.0 Å². The van der Waals surface area contributed by atoms with Gasteiger partial charge in [0.05, 0.1) is 0 Å². The van der Waals surface area contributed by atoms with Crippen molar-refractivity contribution >= 4 is 11.6 Å². The van der Waals surface area contributed by atoms with Crippen LogP contribution in [0.3, 0.4) is 0 Å². The van der Waals surface area contributed by atoms with Crippen LogP contribution in [0.1, 0.15) is 29.3 Å². The molecule has 0 aliphatic carbocycles. The summed E-state index contributed by atoms with van der Waals surface area (Å²) >= 11 is 0. The lowest BCUT2D eigenvalue weighted by molar-refractivity contribution is -0.0767. The fourth-order valence-electron chi connectivity index (χ4n) is 2.52. The molecule has 0 saturated carbocycles. The Balaban J connectivity index is 2.02. The zero-order valence-corrected chi connectivity index (χ0v) is 12.0. The molecule has 22 heavy (non-hydrogen) atoms. The van der Waals surface area contributed by atoms with Gasteiger partial charge in [-0.15, -0.1) is 0 Å². The fourth-order valence-corrected chi connectivity index (χ4v) is 2.52. The highest BCUT2D eigenvalue weighted by molar-refractivity contribution is 5.98. The number of pyridine rings is 1. The molecule has 0 spiro atoms. The van der Waals surface area contributed by atoms with Gasteiger partial charge in [0, 0.05) is 35.7 Å². The van der Waals surface area contributed by atoms with Crippen LogP contribution in [-0.4, -0.2) is 31.8 Å². The van der Waals surface area contributed by atoms with Gasteiger partial charge in [0.15, 0.2) is 5.72 Å². The number of hydrazone groups is 1. The lowest BCUT2D eigenvalue weighted by atomic mass is 9.99. The molecule has 1 aromatic heterocycles. The van der Waals surface area contributed by atoms with Crippen LogP contribution in [0.15, 0.2) is 53.9 Å². The molecule has 1 atom stereocenters. The molecule has 1 aliphatic heterocycles. The molecule has 2 aromatic rings. The van der Waals surface area contributed by atoms with E-state index in [-0.39, 0.29) is 17.7 Å². The van der Waals surface area contributed by atoms with Gasteiger partial charge < -0.3 is 10.2 Å². The average Bonchev–Trinajstić information content (AvgIpc) is 2.83. The summed E-state index contributed by atoms with van der Waals surface area (Å²) in [5, 5.41) is 25.7. The summed E-state index contributed by atoms with van der Waals surface area (Å²) in [6.07, 6.45) is 3.32. The third kappa shape index (κ3) is 2.33. The van der Waals surface area contributed by atoms with Gasteiger partial charge in [0.1, 0.15) is 5.75 Å². The van der Waals surface area contributed by atoms with Crippen LogP contribution in [0.25, 0.3) is 0 Å². The summed E-state index contributed by atoms with van der Waals surface area (Å²) in [4.78, 5) is 16.7. The average molecular weight is 297 g/mol. The number of hydrogen-bond acceptors (Lipinski definition) is 5. The summed E-state index contributed by atoms with van der Waals surface area (Å²) in [6, 6.07) is 9.34. The van der Waals surface area contributed by atoms with Crippen molar-refractivity contribution in [3.05, 3.63) is 59.9 Å². The largest absolute Gasteiger partial charge is 0.508 e. The Bertz CT molecular complexity index is 745. The van der Waals surface area contributed by atoms with E-state index in [2.05, 4.69) is 10.1 Å². The minimum Gasteiger partial charge on any atom is -0.508 e. The highest BCUT2D eigenvalue weighted by Gasteiger charge is 2.45. The number of carbonyl (C=O) groups excluding carboxylic acids is 1. The molecule has 112 valence electrons. The van der Waals surface area contributed by atoms with Gasteiger partial charge in [0.25, 0.3) is 5.91 Å². The molecule has 2 heterocycles. The third-order valence-electron chi connectivity index (χ3n) is 3.53. The standard InChI is InChI=1S/C16H15N3O3/c1-11-9-16(22,13-5-3-7-17-10-13)19(18-11)15(21)12-4-2-6-14(20)8-12/h2-8,10,20,22H,9H2,1H3/t16-/m1/s1. The second-order valence-corrected chi connectivity index (χ2v) is 5.24. The van der Waals surface area contributed by atoms with E-state index >= 15 is 0 Å². The zero-order chi connectivity index (χ0) is 15.7. The maximum Gasteiger partial charge on any atom is 0.277 e. The smallest absolute Gasteiger partial charge is 0.277 e. The Hall–Kier alpha value is -2.73. The van der Waals surface area contributed by atoms with Crippen molar-refractivity contribution in [2.45, 2.75) is 19.1 Å². The summed E-state index contributed by atoms with van der Waals surface area (Å²) < 4.78 is 0. The lowest BCUT2D eigenvalue weighted by Gasteiger charge is -2.31. The quantitative estimate of drug-likeness (QED) is 0.885. The van der Waals surface area contributed by atoms with Crippen LogP contribution >= 0.6 is 0 Å². The number of aromatic hydroxyl groups is 1.